The van der Waals surface area contributed by atoms with Crippen LogP contribution in [0.5, 0.6) is 0 Å². The van der Waals surface area contributed by atoms with Crippen molar-refractivity contribution in [2.24, 2.45) is 5.10 Å². The topological polar surface area (TPSA) is 57.6 Å². The molecule has 1 aliphatic rings. The Morgan fingerprint density at radius 3 is 2.69 bits per heavy atom. The molecular weight excluding hydrogens is 344 g/mol. The van der Waals surface area contributed by atoms with E-state index in [2.05, 4.69) is 51.7 Å². The number of hydrazone groups is 1. The van der Waals surface area contributed by atoms with Gasteiger partial charge in [0.1, 0.15) is 0 Å². The van der Waals surface area contributed by atoms with Crippen molar-refractivity contribution in [3.63, 3.8) is 0 Å². The molecule has 0 bridgehead atoms. The average molecular weight is 360 g/mol. The molecule has 3 aromatic rings. The van der Waals surface area contributed by atoms with E-state index in [9.17, 15) is 4.79 Å². The number of hydrogen-bond donors (Lipinski definition) is 1. The number of carbonyl (C=O) groups excluding carboxylic acids is 1. The first-order valence-corrected chi connectivity index (χ1v) is 8.92. The molecule has 0 saturated carbocycles. The Bertz CT molecular complexity index is 988. The van der Waals surface area contributed by atoms with Gasteiger partial charge < -0.3 is 4.90 Å². The van der Waals surface area contributed by atoms with Gasteiger partial charge in [-0.15, -0.1) is 0 Å². The largest absolute Gasteiger partial charge is 0.343 e. The Morgan fingerprint density at radius 2 is 1.85 bits per heavy atom. The number of amides is 1. The number of fused-ring (bicyclic) bond motifs is 2. The summed E-state index contributed by atoms with van der Waals surface area (Å²) in [6.07, 6.45) is 4.81. The third kappa shape index (κ3) is 3.19. The summed E-state index contributed by atoms with van der Waals surface area (Å²) in [7, 11) is 2.07. The minimum atomic E-state index is -0.260. The van der Waals surface area contributed by atoms with Crippen LogP contribution in [0.25, 0.3) is 0 Å². The molecule has 0 unspecified atom stereocenters. The molecule has 2 aromatic carbocycles. The van der Waals surface area contributed by atoms with E-state index in [1.165, 1.54) is 10.6 Å². The van der Waals surface area contributed by atoms with Crippen LogP contribution in [-0.4, -0.2) is 24.2 Å². The second-order valence-corrected chi connectivity index (χ2v) is 6.87. The number of benzene rings is 2. The number of aromatic nitrogens is 1. The fourth-order valence-corrected chi connectivity index (χ4v) is 3.97. The van der Waals surface area contributed by atoms with Gasteiger partial charge in [-0.25, -0.2) is 5.43 Å². The standard InChI is InChI=1S/C20H16N4OS/c1-24-16-4-2-3-5-18(16)26-19-12-14(6-7-17(19)24)13-22-23-20(25)15-8-10-21-11-9-15/h2-13H,1H3,(H,23,25)/b22-13-. The van der Waals surface area contributed by atoms with Gasteiger partial charge in [0.2, 0.25) is 0 Å². The van der Waals surface area contributed by atoms with Gasteiger partial charge in [0.05, 0.1) is 17.6 Å². The molecule has 128 valence electrons. The number of anilines is 2. The van der Waals surface area contributed by atoms with Gasteiger partial charge in [-0.2, -0.15) is 5.10 Å². The van der Waals surface area contributed by atoms with Gasteiger partial charge in [-0.1, -0.05) is 30.0 Å². The first kappa shape index (κ1) is 16.4. The Kier molecular flexibility index (Phi) is 4.41. The van der Waals surface area contributed by atoms with Crippen LogP contribution in [0.3, 0.4) is 0 Å². The summed E-state index contributed by atoms with van der Waals surface area (Å²) >= 11 is 1.74. The van der Waals surface area contributed by atoms with E-state index in [4.69, 9.17) is 0 Å². The second-order valence-electron chi connectivity index (χ2n) is 5.79. The third-order valence-electron chi connectivity index (χ3n) is 4.11. The highest BCUT2D eigenvalue weighted by Crippen LogP contribution is 2.47. The number of hydrogen-bond acceptors (Lipinski definition) is 5. The number of carbonyl (C=O) groups is 1. The second kappa shape index (κ2) is 7.01. The summed E-state index contributed by atoms with van der Waals surface area (Å²) in [5, 5.41) is 4.06. The zero-order chi connectivity index (χ0) is 17.9. The van der Waals surface area contributed by atoms with Crippen LogP contribution in [-0.2, 0) is 0 Å². The Balaban J connectivity index is 1.51. The lowest BCUT2D eigenvalue weighted by Gasteiger charge is -2.29. The molecular formula is C20H16N4OS. The molecule has 6 heteroatoms. The van der Waals surface area contributed by atoms with Crippen LogP contribution in [0.1, 0.15) is 15.9 Å². The van der Waals surface area contributed by atoms with Crippen molar-refractivity contribution in [3.8, 4) is 0 Å². The zero-order valence-electron chi connectivity index (χ0n) is 14.1. The number of nitrogens with zero attached hydrogens (tertiary/aromatic N) is 3. The van der Waals surface area contributed by atoms with Crippen molar-refractivity contribution < 1.29 is 4.79 Å². The van der Waals surface area contributed by atoms with Crippen molar-refractivity contribution in [1.82, 2.24) is 10.4 Å². The smallest absolute Gasteiger partial charge is 0.271 e. The molecule has 0 saturated heterocycles. The molecule has 0 atom stereocenters. The summed E-state index contributed by atoms with van der Waals surface area (Å²) < 4.78 is 0. The van der Waals surface area contributed by atoms with Crippen LogP contribution in [0.15, 0.2) is 81.9 Å². The van der Waals surface area contributed by atoms with Gasteiger partial charge in [0.25, 0.3) is 5.91 Å². The predicted octanol–water partition coefficient (Wildman–Crippen LogP) is 4.08. The molecule has 0 fully saturated rings. The van der Waals surface area contributed by atoms with E-state index in [-0.39, 0.29) is 5.91 Å². The molecule has 0 radical (unpaired) electrons. The molecule has 1 aromatic heterocycles. The van der Waals surface area contributed by atoms with E-state index in [1.54, 1.807) is 42.5 Å². The number of pyridine rings is 1. The van der Waals surface area contributed by atoms with Gasteiger partial charge in [-0.3, -0.25) is 9.78 Å². The summed E-state index contributed by atoms with van der Waals surface area (Å²) in [5.74, 6) is -0.260. The van der Waals surface area contributed by atoms with Crippen LogP contribution in [0.2, 0.25) is 0 Å². The van der Waals surface area contributed by atoms with E-state index in [1.807, 2.05) is 18.2 Å². The van der Waals surface area contributed by atoms with Crippen molar-refractivity contribution >= 4 is 35.3 Å². The average Bonchev–Trinajstić information content (AvgIpc) is 2.68. The van der Waals surface area contributed by atoms with Gasteiger partial charge in [0.15, 0.2) is 0 Å². The van der Waals surface area contributed by atoms with Crippen LogP contribution in [0, 0.1) is 0 Å². The van der Waals surface area contributed by atoms with E-state index < -0.39 is 0 Å². The summed E-state index contributed by atoms with van der Waals surface area (Å²) in [4.78, 5) is 20.5. The molecule has 5 nitrogen and oxygen atoms in total. The molecule has 1 N–H and O–H groups in total. The first-order valence-electron chi connectivity index (χ1n) is 8.10. The Labute approximate surface area is 155 Å². The van der Waals surface area contributed by atoms with Crippen LogP contribution in [0.4, 0.5) is 11.4 Å². The van der Waals surface area contributed by atoms with Crippen LogP contribution < -0.4 is 10.3 Å². The normalized spacial score (nSPS) is 12.6. The maximum atomic E-state index is 12.0. The van der Waals surface area contributed by atoms with E-state index in [0.29, 0.717) is 5.56 Å². The minimum absolute atomic E-state index is 0.260. The maximum absolute atomic E-state index is 12.0. The summed E-state index contributed by atoms with van der Waals surface area (Å²) in [5.41, 5.74) is 6.36. The quantitative estimate of drug-likeness (QED) is 0.565. The van der Waals surface area contributed by atoms with Gasteiger partial charge in [-0.05, 0) is 42.0 Å². The number of nitrogens with one attached hydrogen (secondary N) is 1. The first-order chi connectivity index (χ1) is 12.7. The van der Waals surface area contributed by atoms with Crippen molar-refractivity contribution in [3.05, 3.63) is 78.1 Å². The molecule has 1 amide bonds. The lowest BCUT2D eigenvalue weighted by molar-refractivity contribution is 0.0955. The van der Waals surface area contributed by atoms with Crippen LogP contribution >= 0.6 is 11.8 Å². The lowest BCUT2D eigenvalue weighted by Crippen LogP contribution is -2.17. The van der Waals surface area contributed by atoms with E-state index >= 15 is 0 Å². The van der Waals surface area contributed by atoms with Crippen molar-refractivity contribution in [2.45, 2.75) is 9.79 Å². The molecule has 4 rings (SSSR count). The van der Waals surface area contributed by atoms with Crippen molar-refractivity contribution in [1.29, 1.82) is 0 Å². The fraction of sp³-hybridized carbons (Fsp3) is 0.0500. The van der Waals surface area contributed by atoms with Gasteiger partial charge >= 0.3 is 0 Å². The molecule has 0 aliphatic carbocycles. The highest BCUT2D eigenvalue weighted by atomic mass is 32.2. The van der Waals surface area contributed by atoms with Crippen molar-refractivity contribution in [2.75, 3.05) is 11.9 Å². The highest BCUT2D eigenvalue weighted by Gasteiger charge is 2.20. The monoisotopic (exact) mass is 360 g/mol. The maximum Gasteiger partial charge on any atom is 0.271 e. The molecule has 1 aliphatic heterocycles. The molecule has 2 heterocycles. The highest BCUT2D eigenvalue weighted by molar-refractivity contribution is 7.99. The number of para-hydroxylation sites is 1. The summed E-state index contributed by atoms with van der Waals surface area (Å²) in [6, 6.07) is 17.8. The predicted molar refractivity (Wildman–Crippen MR) is 104 cm³/mol. The Morgan fingerprint density at radius 1 is 1.08 bits per heavy atom. The Hall–Kier alpha value is -3.12. The van der Waals surface area contributed by atoms with Gasteiger partial charge in [0, 0.05) is 34.8 Å². The SMILES string of the molecule is CN1c2ccccc2Sc2cc(/C=N\NC(=O)c3ccncc3)ccc21. The number of rotatable bonds is 3. The minimum Gasteiger partial charge on any atom is -0.343 e. The fourth-order valence-electron chi connectivity index (χ4n) is 2.77. The lowest BCUT2D eigenvalue weighted by atomic mass is 10.2. The van der Waals surface area contributed by atoms with E-state index in [0.717, 1.165) is 16.1 Å². The third-order valence-corrected chi connectivity index (χ3v) is 5.23. The molecule has 0 spiro atoms. The summed E-state index contributed by atoms with van der Waals surface area (Å²) in [6.45, 7) is 0. The zero-order valence-corrected chi connectivity index (χ0v) is 14.9. The molecule has 26 heavy (non-hydrogen) atoms.